The summed E-state index contributed by atoms with van der Waals surface area (Å²) in [5, 5.41) is 7.04. The lowest BCUT2D eigenvalue weighted by molar-refractivity contribution is 0.265. The van der Waals surface area contributed by atoms with Crippen LogP contribution < -0.4 is 10.6 Å². The van der Waals surface area contributed by atoms with E-state index in [9.17, 15) is 0 Å². The molecule has 2 N–H and O–H groups in total. The molecule has 23 heavy (non-hydrogen) atoms. The zero-order valence-electron chi connectivity index (χ0n) is 14.9. The number of guanidine groups is 1. The summed E-state index contributed by atoms with van der Waals surface area (Å²) >= 11 is 1.88. The van der Waals surface area contributed by atoms with Gasteiger partial charge in [-0.1, -0.05) is 13.8 Å². The fourth-order valence-corrected chi connectivity index (χ4v) is 3.76. The number of nitrogens with zero attached hydrogens (tertiary/aromatic N) is 2. The molecule has 2 atom stereocenters. The van der Waals surface area contributed by atoms with Crippen molar-refractivity contribution >= 4 is 41.3 Å². The van der Waals surface area contributed by atoms with Crippen LogP contribution in [0.15, 0.2) is 17.1 Å². The van der Waals surface area contributed by atoms with Crippen LogP contribution >= 0.6 is 35.3 Å². The van der Waals surface area contributed by atoms with Crippen molar-refractivity contribution < 1.29 is 0 Å². The van der Waals surface area contributed by atoms with E-state index in [0.717, 1.165) is 32.0 Å². The van der Waals surface area contributed by atoms with Gasteiger partial charge >= 0.3 is 0 Å². The summed E-state index contributed by atoms with van der Waals surface area (Å²) in [7, 11) is 1.85. The van der Waals surface area contributed by atoms with Crippen molar-refractivity contribution in [2.24, 2.45) is 10.9 Å². The molecule has 2 unspecified atom stereocenters. The highest BCUT2D eigenvalue weighted by Gasteiger charge is 2.31. The van der Waals surface area contributed by atoms with Crippen LogP contribution in [-0.4, -0.2) is 43.1 Å². The zero-order valence-corrected chi connectivity index (χ0v) is 18.1. The Morgan fingerprint density at radius 1 is 1.35 bits per heavy atom. The van der Waals surface area contributed by atoms with Gasteiger partial charge in [0.25, 0.3) is 0 Å². The first-order valence-corrected chi connectivity index (χ1v) is 9.14. The second-order valence-electron chi connectivity index (χ2n) is 6.42. The van der Waals surface area contributed by atoms with Crippen LogP contribution in [-0.2, 0) is 13.0 Å². The Kier molecular flexibility index (Phi) is 8.85. The Morgan fingerprint density at radius 3 is 2.57 bits per heavy atom. The SMILES string of the molecule is CCc1ccc(CNC(=NC)NC2CN(C(C)C)CC2C)s1.I. The van der Waals surface area contributed by atoms with Crippen LogP contribution in [0.3, 0.4) is 0 Å². The minimum Gasteiger partial charge on any atom is -0.352 e. The second kappa shape index (κ2) is 9.84. The summed E-state index contributed by atoms with van der Waals surface area (Å²) in [6, 6.07) is 5.52. The van der Waals surface area contributed by atoms with Gasteiger partial charge in [0.1, 0.15) is 0 Å². The van der Waals surface area contributed by atoms with Gasteiger partial charge in [0, 0.05) is 42.0 Å². The third-order valence-corrected chi connectivity index (χ3v) is 5.64. The van der Waals surface area contributed by atoms with Gasteiger partial charge in [-0.3, -0.25) is 9.89 Å². The Labute approximate surface area is 162 Å². The molecule has 6 heteroatoms. The van der Waals surface area contributed by atoms with Crippen LogP contribution in [0.2, 0.25) is 0 Å². The highest BCUT2D eigenvalue weighted by Crippen LogP contribution is 2.19. The van der Waals surface area contributed by atoms with Gasteiger partial charge in [0.2, 0.25) is 0 Å². The van der Waals surface area contributed by atoms with E-state index in [2.05, 4.69) is 60.4 Å². The molecule has 1 saturated heterocycles. The second-order valence-corrected chi connectivity index (χ2v) is 7.68. The summed E-state index contributed by atoms with van der Waals surface area (Å²) in [6.07, 6.45) is 1.11. The van der Waals surface area contributed by atoms with Gasteiger partial charge in [-0.15, -0.1) is 35.3 Å². The quantitative estimate of drug-likeness (QED) is 0.411. The normalized spacial score (nSPS) is 22.3. The van der Waals surface area contributed by atoms with Crippen molar-refractivity contribution in [2.75, 3.05) is 20.1 Å². The third-order valence-electron chi connectivity index (χ3n) is 4.41. The Balaban J connectivity index is 0.00000264. The largest absolute Gasteiger partial charge is 0.352 e. The molecule has 0 aromatic carbocycles. The Morgan fingerprint density at radius 2 is 2.04 bits per heavy atom. The topological polar surface area (TPSA) is 39.7 Å². The van der Waals surface area contributed by atoms with Crippen molar-refractivity contribution in [3.8, 4) is 0 Å². The summed E-state index contributed by atoms with van der Waals surface area (Å²) in [5.41, 5.74) is 0. The Hall–Kier alpha value is -0.340. The van der Waals surface area contributed by atoms with Crippen molar-refractivity contribution in [3.63, 3.8) is 0 Å². The van der Waals surface area contributed by atoms with Crippen LogP contribution in [0.5, 0.6) is 0 Å². The van der Waals surface area contributed by atoms with Crippen LogP contribution in [0, 0.1) is 5.92 Å². The smallest absolute Gasteiger partial charge is 0.191 e. The molecule has 1 fully saturated rings. The van der Waals surface area contributed by atoms with E-state index in [1.54, 1.807) is 0 Å². The number of aryl methyl sites for hydroxylation is 1. The van der Waals surface area contributed by atoms with Crippen LogP contribution in [0.4, 0.5) is 0 Å². The maximum atomic E-state index is 4.38. The summed E-state index contributed by atoms with van der Waals surface area (Å²) < 4.78 is 0. The lowest BCUT2D eigenvalue weighted by Crippen LogP contribution is -2.46. The number of likely N-dealkylation sites (tertiary alicyclic amines) is 1. The summed E-state index contributed by atoms with van der Waals surface area (Å²) in [4.78, 5) is 9.71. The zero-order chi connectivity index (χ0) is 16.1. The number of halogens is 1. The van der Waals surface area contributed by atoms with E-state index in [4.69, 9.17) is 0 Å². The maximum absolute atomic E-state index is 4.38. The fourth-order valence-electron chi connectivity index (χ4n) is 2.86. The van der Waals surface area contributed by atoms with E-state index >= 15 is 0 Å². The number of nitrogens with one attached hydrogen (secondary N) is 2. The minimum absolute atomic E-state index is 0. The average molecular weight is 450 g/mol. The predicted octanol–water partition coefficient (Wildman–Crippen LogP) is 3.32. The molecule has 1 aliphatic rings. The summed E-state index contributed by atoms with van der Waals surface area (Å²) in [5.74, 6) is 1.56. The van der Waals surface area contributed by atoms with Crippen molar-refractivity contribution in [1.82, 2.24) is 15.5 Å². The molecule has 2 heterocycles. The van der Waals surface area contributed by atoms with E-state index in [-0.39, 0.29) is 24.0 Å². The molecule has 1 aliphatic heterocycles. The molecular weight excluding hydrogens is 419 g/mol. The summed E-state index contributed by atoms with van der Waals surface area (Å²) in [6.45, 7) is 12.2. The molecule has 1 aromatic rings. The van der Waals surface area contributed by atoms with E-state index < -0.39 is 0 Å². The van der Waals surface area contributed by atoms with E-state index in [1.165, 1.54) is 9.75 Å². The van der Waals surface area contributed by atoms with E-state index in [0.29, 0.717) is 18.0 Å². The first-order chi connectivity index (χ1) is 10.5. The average Bonchev–Trinajstić information content (AvgIpc) is 3.10. The molecule has 0 bridgehead atoms. The molecule has 0 spiro atoms. The molecule has 4 nitrogen and oxygen atoms in total. The fraction of sp³-hybridized carbons (Fsp3) is 0.706. The molecule has 1 aromatic heterocycles. The van der Waals surface area contributed by atoms with Gasteiger partial charge < -0.3 is 10.6 Å². The number of rotatable bonds is 5. The minimum atomic E-state index is 0. The molecule has 132 valence electrons. The molecule has 2 rings (SSSR count). The van der Waals surface area contributed by atoms with Crippen molar-refractivity contribution in [1.29, 1.82) is 0 Å². The first-order valence-electron chi connectivity index (χ1n) is 8.32. The van der Waals surface area contributed by atoms with Crippen LogP contribution in [0.25, 0.3) is 0 Å². The molecule has 0 aliphatic carbocycles. The van der Waals surface area contributed by atoms with Crippen molar-refractivity contribution in [3.05, 3.63) is 21.9 Å². The number of aliphatic imine (C=N–C) groups is 1. The first kappa shape index (κ1) is 20.7. The third kappa shape index (κ3) is 5.90. The monoisotopic (exact) mass is 450 g/mol. The van der Waals surface area contributed by atoms with Crippen LogP contribution in [0.1, 0.15) is 37.4 Å². The molecule has 0 amide bonds. The van der Waals surface area contributed by atoms with Gasteiger partial charge in [-0.25, -0.2) is 0 Å². The lowest BCUT2D eigenvalue weighted by atomic mass is 10.1. The molecule has 0 saturated carbocycles. The predicted molar refractivity (Wildman–Crippen MR) is 112 cm³/mol. The van der Waals surface area contributed by atoms with Gasteiger partial charge in [0.05, 0.1) is 6.54 Å². The van der Waals surface area contributed by atoms with E-state index in [1.807, 2.05) is 18.4 Å². The van der Waals surface area contributed by atoms with Gasteiger partial charge in [-0.05, 0) is 38.3 Å². The highest BCUT2D eigenvalue weighted by atomic mass is 127. The van der Waals surface area contributed by atoms with Gasteiger partial charge in [0.15, 0.2) is 5.96 Å². The van der Waals surface area contributed by atoms with Gasteiger partial charge in [-0.2, -0.15) is 0 Å². The molecule has 0 radical (unpaired) electrons. The standard InChI is InChI=1S/C17H30N4S.HI/c1-6-14-7-8-15(22-14)9-19-17(18-5)20-16-11-21(12(2)3)10-13(16)4;/h7-8,12-13,16H,6,9-11H2,1-5H3,(H2,18,19,20);1H. The highest BCUT2D eigenvalue weighted by molar-refractivity contribution is 14.0. The maximum Gasteiger partial charge on any atom is 0.191 e. The number of hydrogen-bond donors (Lipinski definition) is 2. The number of hydrogen-bond acceptors (Lipinski definition) is 3. The van der Waals surface area contributed by atoms with Crippen molar-refractivity contribution in [2.45, 2.75) is 52.7 Å². The Bertz CT molecular complexity index is 501. The number of thiophene rings is 1. The molecular formula is C17H31IN4S. The lowest BCUT2D eigenvalue weighted by Gasteiger charge is -2.21.